The number of aliphatic hydroxyl groups is 1. The number of ether oxygens (including phenoxy) is 1. The third kappa shape index (κ3) is 5.17. The van der Waals surface area contributed by atoms with Crippen LogP contribution in [0.2, 0.25) is 0 Å². The minimum absolute atomic E-state index is 0.148. The minimum Gasteiger partial charge on any atom is -0.465 e. The molecule has 17 heavy (non-hydrogen) atoms. The molecule has 4 heteroatoms. The molecule has 1 aromatic heterocycles. The number of hydrogen-bond acceptors (Lipinski definition) is 4. The van der Waals surface area contributed by atoms with Gasteiger partial charge in [-0.3, -0.25) is 0 Å². The molecule has 0 aliphatic rings. The Morgan fingerprint density at radius 3 is 3.00 bits per heavy atom. The van der Waals surface area contributed by atoms with Gasteiger partial charge in [-0.25, -0.2) is 0 Å². The van der Waals surface area contributed by atoms with Gasteiger partial charge in [0.2, 0.25) is 0 Å². The Labute approximate surface area is 102 Å². The topological polar surface area (TPSA) is 54.6 Å². The van der Waals surface area contributed by atoms with E-state index in [-0.39, 0.29) is 12.1 Å². The lowest BCUT2D eigenvalue weighted by Crippen LogP contribution is -2.47. The van der Waals surface area contributed by atoms with Crippen molar-refractivity contribution in [1.82, 2.24) is 5.32 Å². The number of rotatable bonds is 8. The van der Waals surface area contributed by atoms with Crippen molar-refractivity contribution in [3.8, 4) is 0 Å². The number of furan rings is 1. The molecule has 0 aliphatic carbocycles. The fraction of sp³-hybridized carbons (Fsp3) is 0.538. The highest BCUT2D eigenvalue weighted by Gasteiger charge is 2.21. The van der Waals surface area contributed by atoms with Gasteiger partial charge in [-0.2, -0.15) is 0 Å². The third-order valence-electron chi connectivity index (χ3n) is 2.60. The maximum atomic E-state index is 9.01. The zero-order valence-corrected chi connectivity index (χ0v) is 10.5. The number of methoxy groups -OCH3 is 1. The van der Waals surface area contributed by atoms with E-state index in [4.69, 9.17) is 14.3 Å². The summed E-state index contributed by atoms with van der Waals surface area (Å²) in [5.74, 6) is 0.836. The van der Waals surface area contributed by atoms with E-state index in [1.165, 1.54) is 0 Å². The largest absolute Gasteiger partial charge is 0.465 e. The van der Waals surface area contributed by atoms with Crippen LogP contribution in [0, 0.1) is 0 Å². The van der Waals surface area contributed by atoms with Crippen molar-refractivity contribution in [2.24, 2.45) is 0 Å². The molecular weight excluding hydrogens is 218 g/mol. The molecule has 4 nitrogen and oxygen atoms in total. The van der Waals surface area contributed by atoms with Gasteiger partial charge in [0.1, 0.15) is 5.76 Å². The fourth-order valence-corrected chi connectivity index (χ4v) is 1.64. The molecule has 1 heterocycles. The smallest absolute Gasteiger partial charge is 0.126 e. The molecule has 0 saturated carbocycles. The molecule has 0 bridgehead atoms. The van der Waals surface area contributed by atoms with E-state index in [9.17, 15) is 0 Å². The first-order chi connectivity index (χ1) is 8.20. The Balaban J connectivity index is 2.36. The van der Waals surface area contributed by atoms with Crippen LogP contribution in [0.15, 0.2) is 28.9 Å². The molecule has 0 saturated heterocycles. The lowest BCUT2D eigenvalue weighted by molar-refractivity contribution is 0.100. The van der Waals surface area contributed by atoms with E-state index in [0.29, 0.717) is 19.6 Å². The molecule has 0 fully saturated rings. The average Bonchev–Trinajstić information content (AvgIpc) is 2.78. The van der Waals surface area contributed by atoms with Gasteiger partial charge < -0.3 is 19.6 Å². The molecule has 1 aromatic rings. The lowest BCUT2D eigenvalue weighted by atomic mass is 9.99. The van der Waals surface area contributed by atoms with Crippen LogP contribution in [-0.4, -0.2) is 37.5 Å². The van der Waals surface area contributed by atoms with E-state index in [1.54, 1.807) is 13.4 Å². The Hall–Kier alpha value is -1.10. The van der Waals surface area contributed by atoms with Crippen molar-refractivity contribution < 1.29 is 14.3 Å². The summed E-state index contributed by atoms with van der Waals surface area (Å²) >= 11 is 0. The standard InChI is InChI=1S/C13H21NO3/c1-13(7-9-15,11-16-2)14-8-3-5-12-6-4-10-17-12/h3-6,10,14-15H,7-9,11H2,1-2H3/b5-3+. The van der Waals surface area contributed by atoms with Crippen LogP contribution >= 0.6 is 0 Å². The molecule has 1 atom stereocenters. The van der Waals surface area contributed by atoms with Gasteiger partial charge in [0.15, 0.2) is 0 Å². The van der Waals surface area contributed by atoms with Crippen molar-refractivity contribution in [3.63, 3.8) is 0 Å². The van der Waals surface area contributed by atoms with Gasteiger partial charge in [-0.05, 0) is 31.6 Å². The predicted molar refractivity (Wildman–Crippen MR) is 67.7 cm³/mol. The van der Waals surface area contributed by atoms with Crippen molar-refractivity contribution in [1.29, 1.82) is 0 Å². The van der Waals surface area contributed by atoms with Gasteiger partial charge in [0.05, 0.1) is 12.9 Å². The molecule has 1 unspecified atom stereocenters. The van der Waals surface area contributed by atoms with Crippen molar-refractivity contribution >= 4 is 6.08 Å². The molecule has 0 aliphatic heterocycles. The fourth-order valence-electron chi connectivity index (χ4n) is 1.64. The molecule has 0 amide bonds. The molecular formula is C13H21NO3. The van der Waals surface area contributed by atoms with Crippen LogP contribution in [0.3, 0.4) is 0 Å². The quantitative estimate of drug-likeness (QED) is 0.724. The van der Waals surface area contributed by atoms with E-state index >= 15 is 0 Å². The summed E-state index contributed by atoms with van der Waals surface area (Å²) in [5, 5.41) is 12.4. The van der Waals surface area contributed by atoms with Gasteiger partial charge in [0, 0.05) is 25.8 Å². The first-order valence-electron chi connectivity index (χ1n) is 5.75. The normalized spacial score (nSPS) is 15.2. The summed E-state index contributed by atoms with van der Waals surface area (Å²) < 4.78 is 10.3. The highest BCUT2D eigenvalue weighted by molar-refractivity contribution is 5.42. The van der Waals surface area contributed by atoms with Gasteiger partial charge in [-0.1, -0.05) is 6.08 Å². The van der Waals surface area contributed by atoms with Crippen LogP contribution in [-0.2, 0) is 4.74 Å². The van der Waals surface area contributed by atoms with E-state index in [2.05, 4.69) is 5.32 Å². The molecule has 0 aromatic carbocycles. The summed E-state index contributed by atoms with van der Waals surface area (Å²) in [6.45, 7) is 3.46. The SMILES string of the molecule is COCC(C)(CCO)NC/C=C/c1ccco1. The number of hydrogen-bond donors (Lipinski definition) is 2. The van der Waals surface area contributed by atoms with Crippen LogP contribution in [0.1, 0.15) is 19.1 Å². The second kappa shape index (κ2) is 7.27. The Morgan fingerprint density at radius 1 is 1.59 bits per heavy atom. The average molecular weight is 239 g/mol. The molecule has 0 radical (unpaired) electrons. The highest BCUT2D eigenvalue weighted by atomic mass is 16.5. The maximum Gasteiger partial charge on any atom is 0.126 e. The van der Waals surface area contributed by atoms with Crippen molar-refractivity contribution in [3.05, 3.63) is 30.2 Å². The maximum absolute atomic E-state index is 9.01. The van der Waals surface area contributed by atoms with Crippen molar-refractivity contribution in [2.45, 2.75) is 18.9 Å². The Kier molecular flexibility index (Phi) is 5.97. The first-order valence-corrected chi connectivity index (χ1v) is 5.75. The number of aliphatic hydroxyl groups excluding tert-OH is 1. The zero-order chi connectivity index (χ0) is 12.6. The van der Waals surface area contributed by atoms with Gasteiger partial charge in [0.25, 0.3) is 0 Å². The minimum atomic E-state index is -0.197. The van der Waals surface area contributed by atoms with Crippen LogP contribution in [0.25, 0.3) is 6.08 Å². The number of nitrogens with one attached hydrogen (secondary N) is 1. The predicted octanol–water partition coefficient (Wildman–Crippen LogP) is 1.67. The van der Waals surface area contributed by atoms with E-state index in [1.807, 2.05) is 31.2 Å². The monoisotopic (exact) mass is 239 g/mol. The molecule has 96 valence electrons. The van der Waals surface area contributed by atoms with E-state index in [0.717, 1.165) is 5.76 Å². The first kappa shape index (κ1) is 14.0. The van der Waals surface area contributed by atoms with Crippen molar-refractivity contribution in [2.75, 3.05) is 26.9 Å². The molecule has 1 rings (SSSR count). The Bertz CT molecular complexity index is 313. The second-order valence-corrected chi connectivity index (χ2v) is 4.27. The van der Waals surface area contributed by atoms with Gasteiger partial charge >= 0.3 is 0 Å². The zero-order valence-electron chi connectivity index (χ0n) is 10.5. The van der Waals surface area contributed by atoms with Crippen LogP contribution < -0.4 is 5.32 Å². The summed E-state index contributed by atoms with van der Waals surface area (Å²) in [4.78, 5) is 0. The lowest BCUT2D eigenvalue weighted by Gasteiger charge is -2.29. The summed E-state index contributed by atoms with van der Waals surface area (Å²) in [5.41, 5.74) is -0.197. The Morgan fingerprint density at radius 2 is 2.41 bits per heavy atom. The van der Waals surface area contributed by atoms with Crippen LogP contribution in [0.5, 0.6) is 0 Å². The summed E-state index contributed by atoms with van der Waals surface area (Å²) in [6.07, 6.45) is 6.21. The molecule has 0 spiro atoms. The van der Waals surface area contributed by atoms with Gasteiger partial charge in [-0.15, -0.1) is 0 Å². The second-order valence-electron chi connectivity index (χ2n) is 4.27. The molecule has 2 N–H and O–H groups in total. The summed E-state index contributed by atoms with van der Waals surface area (Å²) in [7, 11) is 1.66. The van der Waals surface area contributed by atoms with E-state index < -0.39 is 0 Å². The summed E-state index contributed by atoms with van der Waals surface area (Å²) in [6, 6.07) is 3.76. The third-order valence-corrected chi connectivity index (χ3v) is 2.60. The highest BCUT2D eigenvalue weighted by Crippen LogP contribution is 2.09. The van der Waals surface area contributed by atoms with Crippen LogP contribution in [0.4, 0.5) is 0 Å².